The highest BCUT2D eigenvalue weighted by atomic mass is 79.9. The summed E-state index contributed by atoms with van der Waals surface area (Å²) < 4.78 is 46.8. The van der Waals surface area contributed by atoms with Crippen LogP contribution in [0, 0.1) is 5.82 Å². The first kappa shape index (κ1) is 20.1. The van der Waals surface area contributed by atoms with Crippen LogP contribution in [0.1, 0.15) is 25.7 Å². The molecular weight excluding hydrogens is 459 g/mol. The zero-order valence-electron chi connectivity index (χ0n) is 15.6. The van der Waals surface area contributed by atoms with Gasteiger partial charge in [0.15, 0.2) is 0 Å². The molecule has 8 heteroatoms. The van der Waals surface area contributed by atoms with E-state index in [9.17, 15) is 12.8 Å². The lowest BCUT2D eigenvalue weighted by Crippen LogP contribution is -2.25. The number of sulfone groups is 1. The Morgan fingerprint density at radius 1 is 0.966 bits per heavy atom. The van der Waals surface area contributed by atoms with E-state index in [4.69, 9.17) is 4.42 Å². The number of nitrogens with zero attached hydrogens (tertiary/aromatic N) is 2. The molecule has 2 heterocycles. The fourth-order valence-electron chi connectivity index (χ4n) is 3.42. The molecule has 2 aromatic carbocycles. The minimum absolute atomic E-state index is 0.0121. The first-order valence-corrected chi connectivity index (χ1v) is 11.8. The Labute approximate surface area is 177 Å². The van der Waals surface area contributed by atoms with Crippen LogP contribution in [0.2, 0.25) is 0 Å². The van der Waals surface area contributed by atoms with Crippen LogP contribution >= 0.6 is 15.9 Å². The van der Waals surface area contributed by atoms with Crippen LogP contribution in [-0.4, -0.2) is 26.5 Å². The fourth-order valence-corrected chi connectivity index (χ4v) is 5.20. The summed E-state index contributed by atoms with van der Waals surface area (Å²) in [6.07, 6.45) is 4.12. The zero-order chi connectivity index (χ0) is 20.4. The molecule has 0 amide bonds. The van der Waals surface area contributed by atoms with Crippen LogP contribution in [-0.2, 0) is 9.84 Å². The number of benzene rings is 2. The van der Waals surface area contributed by atoms with Gasteiger partial charge in [-0.3, -0.25) is 0 Å². The van der Waals surface area contributed by atoms with Crippen LogP contribution in [0.5, 0.6) is 0 Å². The minimum Gasteiger partial charge on any atom is -0.419 e. The maximum absolute atomic E-state index is 13.3. The average molecular weight is 479 g/mol. The molecule has 0 spiro atoms. The van der Waals surface area contributed by atoms with Crippen LogP contribution < -0.4 is 4.90 Å². The Morgan fingerprint density at radius 2 is 1.62 bits per heavy atom. The van der Waals surface area contributed by atoms with Gasteiger partial charge in [0.25, 0.3) is 0 Å². The third-order valence-electron chi connectivity index (χ3n) is 4.96. The number of halogens is 2. The number of hydrogen-bond donors (Lipinski definition) is 0. The van der Waals surface area contributed by atoms with E-state index in [1.54, 1.807) is 0 Å². The molecule has 0 N–H and O–H groups in total. The second-order valence-electron chi connectivity index (χ2n) is 6.97. The van der Waals surface area contributed by atoms with Crippen LogP contribution in [0.4, 0.5) is 10.3 Å². The Hall–Kier alpha value is -2.19. The third kappa shape index (κ3) is 4.09. The molecule has 4 rings (SSSR count). The zero-order valence-corrected chi connectivity index (χ0v) is 18.0. The van der Waals surface area contributed by atoms with E-state index < -0.39 is 15.7 Å². The van der Waals surface area contributed by atoms with Gasteiger partial charge in [0.05, 0.1) is 10.5 Å². The maximum Gasteiger partial charge on any atom is 0.236 e. The van der Waals surface area contributed by atoms with Crippen molar-refractivity contribution in [1.82, 2.24) is 4.98 Å². The summed E-state index contributed by atoms with van der Waals surface area (Å²) in [7, 11) is -3.98. The lowest BCUT2D eigenvalue weighted by atomic mass is 10.2. The number of hydrogen-bond acceptors (Lipinski definition) is 5. The largest absolute Gasteiger partial charge is 0.419 e. The second kappa shape index (κ2) is 8.28. The number of oxazole rings is 1. The van der Waals surface area contributed by atoms with Crippen molar-refractivity contribution >= 4 is 31.7 Å². The molecule has 1 saturated heterocycles. The Kier molecular flexibility index (Phi) is 5.74. The van der Waals surface area contributed by atoms with E-state index in [0.29, 0.717) is 18.7 Å². The smallest absolute Gasteiger partial charge is 0.236 e. The van der Waals surface area contributed by atoms with Gasteiger partial charge in [0, 0.05) is 17.6 Å². The molecule has 0 aliphatic carbocycles. The lowest BCUT2D eigenvalue weighted by Gasteiger charge is -2.20. The van der Waals surface area contributed by atoms with Gasteiger partial charge >= 0.3 is 0 Å². The Balaban J connectivity index is 1.86. The van der Waals surface area contributed by atoms with E-state index in [1.807, 2.05) is 29.2 Å². The van der Waals surface area contributed by atoms with E-state index in [1.165, 1.54) is 12.1 Å². The molecule has 0 atom stereocenters. The molecule has 1 aliphatic heterocycles. The Bertz CT molecular complexity index is 1110. The summed E-state index contributed by atoms with van der Waals surface area (Å²) in [5.41, 5.74) is 0.670. The van der Waals surface area contributed by atoms with Gasteiger partial charge in [-0.1, -0.05) is 25.0 Å². The van der Waals surface area contributed by atoms with Gasteiger partial charge in [0.1, 0.15) is 5.82 Å². The molecule has 152 valence electrons. The summed E-state index contributed by atoms with van der Waals surface area (Å²) >= 11 is 3.47. The fraction of sp³-hybridized carbons (Fsp3) is 0.286. The summed E-state index contributed by atoms with van der Waals surface area (Å²) in [6.45, 7) is 1.41. The predicted molar refractivity (Wildman–Crippen MR) is 112 cm³/mol. The molecular formula is C21H20BrFN2O3S. The van der Waals surface area contributed by atoms with Gasteiger partial charge in [-0.25, -0.2) is 12.8 Å². The van der Waals surface area contributed by atoms with Crippen molar-refractivity contribution in [3.8, 4) is 11.5 Å². The van der Waals surface area contributed by atoms with Crippen LogP contribution in [0.3, 0.4) is 0 Å². The number of rotatable bonds is 4. The van der Waals surface area contributed by atoms with E-state index in [0.717, 1.165) is 42.3 Å². The highest BCUT2D eigenvalue weighted by molar-refractivity contribution is 9.10. The van der Waals surface area contributed by atoms with Gasteiger partial charge < -0.3 is 9.32 Å². The maximum atomic E-state index is 13.3. The number of aromatic nitrogens is 1. The molecule has 1 aliphatic rings. The summed E-state index contributed by atoms with van der Waals surface area (Å²) in [4.78, 5) is 6.34. The molecule has 1 aromatic heterocycles. The van der Waals surface area contributed by atoms with Crippen molar-refractivity contribution < 1.29 is 17.2 Å². The average Bonchev–Trinajstić information content (AvgIpc) is 2.98. The predicted octanol–water partition coefficient (Wildman–Crippen LogP) is 5.46. The van der Waals surface area contributed by atoms with Crippen molar-refractivity contribution in [1.29, 1.82) is 0 Å². The SMILES string of the molecule is O=S(=O)(c1ccc(F)cc1)c1nc(-c2ccccc2Br)oc1N1CCCCCC1. The minimum atomic E-state index is -3.98. The monoisotopic (exact) mass is 478 g/mol. The van der Waals surface area contributed by atoms with Crippen molar-refractivity contribution in [2.75, 3.05) is 18.0 Å². The standard InChI is InChI=1S/C21H20BrFN2O3S/c22-18-8-4-3-7-17(18)19-24-20(21(28-19)25-13-5-1-2-6-14-25)29(26,27)16-11-9-15(23)10-12-16/h3-4,7-12H,1-2,5-6,13-14H2. The molecule has 0 radical (unpaired) electrons. The molecule has 1 fully saturated rings. The van der Waals surface area contributed by atoms with Crippen molar-refractivity contribution in [3.05, 3.63) is 58.8 Å². The second-order valence-corrected chi connectivity index (χ2v) is 9.69. The summed E-state index contributed by atoms with van der Waals surface area (Å²) in [5, 5.41) is -0.128. The molecule has 29 heavy (non-hydrogen) atoms. The third-order valence-corrected chi connectivity index (χ3v) is 7.31. The van der Waals surface area contributed by atoms with Crippen molar-refractivity contribution in [2.24, 2.45) is 0 Å². The van der Waals surface area contributed by atoms with E-state index >= 15 is 0 Å². The summed E-state index contributed by atoms with van der Waals surface area (Å²) in [5.74, 6) is -0.00913. The van der Waals surface area contributed by atoms with Gasteiger partial charge in [-0.15, -0.1) is 0 Å². The van der Waals surface area contributed by atoms with Gasteiger partial charge in [-0.05, 0) is 65.2 Å². The molecule has 5 nitrogen and oxygen atoms in total. The van der Waals surface area contributed by atoms with Crippen molar-refractivity contribution in [2.45, 2.75) is 35.6 Å². The first-order valence-electron chi connectivity index (χ1n) is 9.48. The number of anilines is 1. The molecule has 0 bridgehead atoms. The molecule has 0 saturated carbocycles. The molecule has 0 unspecified atom stereocenters. The first-order chi connectivity index (χ1) is 14.0. The van der Waals surface area contributed by atoms with E-state index in [2.05, 4.69) is 20.9 Å². The van der Waals surface area contributed by atoms with E-state index in [-0.39, 0.29) is 21.7 Å². The topological polar surface area (TPSA) is 63.4 Å². The quantitative estimate of drug-likeness (QED) is 0.466. The van der Waals surface area contributed by atoms with Crippen LogP contribution in [0.25, 0.3) is 11.5 Å². The highest BCUT2D eigenvalue weighted by Gasteiger charge is 2.32. The lowest BCUT2D eigenvalue weighted by molar-refractivity contribution is 0.543. The van der Waals surface area contributed by atoms with Crippen molar-refractivity contribution in [3.63, 3.8) is 0 Å². The molecule has 3 aromatic rings. The Morgan fingerprint density at radius 3 is 2.28 bits per heavy atom. The normalized spacial score (nSPS) is 15.3. The highest BCUT2D eigenvalue weighted by Crippen LogP contribution is 2.37. The van der Waals surface area contributed by atoms with Gasteiger partial charge in [-0.2, -0.15) is 4.98 Å². The summed E-state index contributed by atoms with van der Waals surface area (Å²) in [6, 6.07) is 12.1. The van der Waals surface area contributed by atoms with Crippen LogP contribution in [0.15, 0.2) is 67.3 Å². The van der Waals surface area contributed by atoms with Gasteiger partial charge in [0.2, 0.25) is 26.6 Å².